The summed E-state index contributed by atoms with van der Waals surface area (Å²) in [4.78, 5) is 17.3. The van der Waals surface area contributed by atoms with Gasteiger partial charge in [0.1, 0.15) is 5.02 Å². The van der Waals surface area contributed by atoms with E-state index in [-0.39, 0.29) is 16.6 Å². The van der Waals surface area contributed by atoms with E-state index in [0.29, 0.717) is 12.4 Å². The average molecular weight is 217 g/mol. The van der Waals surface area contributed by atoms with Gasteiger partial charge in [0.05, 0.1) is 6.33 Å². The van der Waals surface area contributed by atoms with Gasteiger partial charge in [-0.3, -0.25) is 4.79 Å². The minimum atomic E-state index is -0.353. The van der Waals surface area contributed by atoms with Crippen LogP contribution in [0.25, 0.3) is 0 Å². The van der Waals surface area contributed by atoms with Crippen molar-refractivity contribution < 1.29 is 0 Å². The smallest absolute Gasteiger partial charge is 0.271 e. The summed E-state index contributed by atoms with van der Waals surface area (Å²) in [7, 11) is 0. The molecule has 0 bridgehead atoms. The van der Waals surface area contributed by atoms with Gasteiger partial charge >= 0.3 is 0 Å². The van der Waals surface area contributed by atoms with E-state index in [4.69, 9.17) is 17.3 Å². The average Bonchev–Trinajstić information content (AvgIpc) is 2.20. The first-order valence-corrected chi connectivity index (χ1v) is 4.75. The van der Waals surface area contributed by atoms with Crippen molar-refractivity contribution in [1.82, 2.24) is 9.97 Å². The summed E-state index contributed by atoms with van der Waals surface area (Å²) in [5.74, 6) is 0.374. The molecule has 6 heteroatoms. The Morgan fingerprint density at radius 3 is 3.14 bits per heavy atom. The Morgan fingerprint density at radius 2 is 2.50 bits per heavy atom. The predicted molar refractivity (Wildman–Crippen MR) is 56.6 cm³/mol. The quantitative estimate of drug-likeness (QED) is 0.687. The van der Waals surface area contributed by atoms with Gasteiger partial charge in [0.25, 0.3) is 5.56 Å². The fourth-order valence-electron chi connectivity index (χ4n) is 0.878. The fraction of sp³-hybridized carbons (Fsp3) is 0.500. The number of rotatable bonds is 4. The number of aromatic amines is 1. The Kier molecular flexibility index (Phi) is 3.91. The van der Waals surface area contributed by atoms with Gasteiger partial charge in [0.15, 0.2) is 5.82 Å². The van der Waals surface area contributed by atoms with E-state index >= 15 is 0 Å². The molecule has 0 aromatic carbocycles. The van der Waals surface area contributed by atoms with Gasteiger partial charge in [0, 0.05) is 12.6 Å². The second-order valence-electron chi connectivity index (χ2n) is 2.94. The third-order valence-electron chi connectivity index (χ3n) is 1.85. The van der Waals surface area contributed by atoms with Crippen LogP contribution < -0.4 is 16.6 Å². The van der Waals surface area contributed by atoms with Crippen LogP contribution in [0, 0.1) is 0 Å². The maximum absolute atomic E-state index is 11.1. The molecular weight excluding hydrogens is 204 g/mol. The number of nitrogens with two attached hydrogens (primary N) is 1. The maximum Gasteiger partial charge on any atom is 0.271 e. The molecule has 0 amide bonds. The molecule has 1 rings (SSSR count). The van der Waals surface area contributed by atoms with Crippen molar-refractivity contribution in [3.63, 3.8) is 0 Å². The molecule has 0 aliphatic rings. The summed E-state index contributed by atoms with van der Waals surface area (Å²) >= 11 is 5.71. The first-order chi connectivity index (χ1) is 6.65. The second-order valence-corrected chi connectivity index (χ2v) is 3.32. The van der Waals surface area contributed by atoms with Crippen molar-refractivity contribution in [3.8, 4) is 0 Å². The summed E-state index contributed by atoms with van der Waals surface area (Å²) in [5.41, 5.74) is 5.34. The van der Waals surface area contributed by atoms with Crippen LogP contribution in [0.15, 0.2) is 11.1 Å². The van der Waals surface area contributed by atoms with Gasteiger partial charge in [-0.05, 0) is 6.42 Å². The van der Waals surface area contributed by atoms with Crippen LogP contribution >= 0.6 is 11.6 Å². The summed E-state index contributed by atoms with van der Waals surface area (Å²) in [6.07, 6.45) is 2.15. The lowest BCUT2D eigenvalue weighted by Gasteiger charge is -2.10. The molecule has 0 saturated heterocycles. The summed E-state index contributed by atoms with van der Waals surface area (Å²) in [6.45, 7) is 2.53. The molecule has 0 fully saturated rings. The number of anilines is 1. The van der Waals surface area contributed by atoms with Crippen molar-refractivity contribution >= 4 is 17.4 Å². The molecule has 5 nitrogen and oxygen atoms in total. The van der Waals surface area contributed by atoms with Crippen LogP contribution in [0.5, 0.6) is 0 Å². The topological polar surface area (TPSA) is 83.8 Å². The van der Waals surface area contributed by atoms with E-state index in [9.17, 15) is 4.79 Å². The van der Waals surface area contributed by atoms with Crippen LogP contribution in [-0.4, -0.2) is 22.6 Å². The first kappa shape index (κ1) is 11.0. The monoisotopic (exact) mass is 216 g/mol. The Bertz CT molecular complexity index is 351. The van der Waals surface area contributed by atoms with Gasteiger partial charge in [-0.15, -0.1) is 0 Å². The molecule has 14 heavy (non-hydrogen) atoms. The number of nitrogens with one attached hydrogen (secondary N) is 2. The van der Waals surface area contributed by atoms with Crippen molar-refractivity contribution in [1.29, 1.82) is 0 Å². The van der Waals surface area contributed by atoms with Crippen molar-refractivity contribution in [2.24, 2.45) is 5.73 Å². The minimum absolute atomic E-state index is 0.0344. The van der Waals surface area contributed by atoms with E-state index in [0.717, 1.165) is 6.42 Å². The number of nitrogens with zero attached hydrogens (tertiary/aromatic N) is 1. The van der Waals surface area contributed by atoms with Gasteiger partial charge in [-0.25, -0.2) is 4.98 Å². The highest BCUT2D eigenvalue weighted by Crippen LogP contribution is 2.11. The molecular formula is C8H13ClN4O. The molecule has 0 saturated carbocycles. The van der Waals surface area contributed by atoms with E-state index in [2.05, 4.69) is 15.3 Å². The molecule has 4 N–H and O–H groups in total. The molecule has 0 aliphatic carbocycles. The zero-order chi connectivity index (χ0) is 10.6. The standard InChI is InChI=1S/C8H13ClN4O/c1-2-5(10)3-11-7-6(9)8(14)13-4-12-7/h4-5H,2-3,10H2,1H3,(H2,11,12,13,14). The molecule has 1 unspecified atom stereocenters. The highest BCUT2D eigenvalue weighted by molar-refractivity contribution is 6.32. The zero-order valence-corrected chi connectivity index (χ0v) is 8.64. The van der Waals surface area contributed by atoms with Crippen LogP contribution in [0.2, 0.25) is 5.02 Å². The Labute approximate surface area is 86.7 Å². The SMILES string of the molecule is CCC(N)CNc1nc[nH]c(=O)c1Cl. The van der Waals surface area contributed by atoms with Crippen LogP contribution in [0.1, 0.15) is 13.3 Å². The predicted octanol–water partition coefficient (Wildman–Crippen LogP) is 0.573. The number of aromatic nitrogens is 2. The second kappa shape index (κ2) is 4.97. The van der Waals surface area contributed by atoms with E-state index in [1.807, 2.05) is 6.92 Å². The van der Waals surface area contributed by atoms with Crippen molar-refractivity contribution in [2.75, 3.05) is 11.9 Å². The van der Waals surface area contributed by atoms with Gasteiger partial charge in [-0.1, -0.05) is 18.5 Å². The molecule has 1 aromatic heterocycles. The maximum atomic E-state index is 11.1. The molecule has 1 heterocycles. The van der Waals surface area contributed by atoms with Gasteiger partial charge in [0.2, 0.25) is 0 Å². The largest absolute Gasteiger partial charge is 0.367 e. The third-order valence-corrected chi connectivity index (χ3v) is 2.20. The lowest BCUT2D eigenvalue weighted by Crippen LogP contribution is -2.28. The number of hydrogen-bond acceptors (Lipinski definition) is 4. The third kappa shape index (κ3) is 2.71. The molecule has 0 spiro atoms. The molecule has 0 radical (unpaired) electrons. The number of halogens is 1. The van der Waals surface area contributed by atoms with E-state index < -0.39 is 0 Å². The Morgan fingerprint density at radius 1 is 1.79 bits per heavy atom. The summed E-state index contributed by atoms with van der Waals surface area (Å²) in [6, 6.07) is 0.0344. The lowest BCUT2D eigenvalue weighted by molar-refractivity contribution is 0.677. The van der Waals surface area contributed by atoms with Gasteiger partial charge < -0.3 is 16.0 Å². The number of hydrogen-bond donors (Lipinski definition) is 3. The summed E-state index contributed by atoms with van der Waals surface area (Å²) < 4.78 is 0. The van der Waals surface area contributed by atoms with Crippen LogP contribution in [-0.2, 0) is 0 Å². The lowest BCUT2D eigenvalue weighted by atomic mass is 10.2. The van der Waals surface area contributed by atoms with Gasteiger partial charge in [-0.2, -0.15) is 0 Å². The normalized spacial score (nSPS) is 12.5. The fourth-order valence-corrected chi connectivity index (χ4v) is 1.05. The van der Waals surface area contributed by atoms with E-state index in [1.165, 1.54) is 6.33 Å². The Hall–Kier alpha value is -1.07. The zero-order valence-electron chi connectivity index (χ0n) is 7.88. The van der Waals surface area contributed by atoms with Crippen molar-refractivity contribution in [3.05, 3.63) is 21.7 Å². The molecule has 1 atom stereocenters. The van der Waals surface area contributed by atoms with Crippen LogP contribution in [0.4, 0.5) is 5.82 Å². The van der Waals surface area contributed by atoms with Crippen molar-refractivity contribution in [2.45, 2.75) is 19.4 Å². The van der Waals surface area contributed by atoms with Crippen LogP contribution in [0.3, 0.4) is 0 Å². The molecule has 78 valence electrons. The molecule has 1 aromatic rings. The highest BCUT2D eigenvalue weighted by atomic mass is 35.5. The first-order valence-electron chi connectivity index (χ1n) is 4.37. The number of H-pyrrole nitrogens is 1. The highest BCUT2D eigenvalue weighted by Gasteiger charge is 2.06. The molecule has 0 aliphatic heterocycles. The van der Waals surface area contributed by atoms with E-state index in [1.54, 1.807) is 0 Å². The Balaban J connectivity index is 2.68. The summed E-state index contributed by atoms with van der Waals surface area (Å²) in [5, 5.41) is 2.98. The minimum Gasteiger partial charge on any atom is -0.367 e.